The Morgan fingerprint density at radius 1 is 0.774 bits per heavy atom. The summed E-state index contributed by atoms with van der Waals surface area (Å²) in [6, 6.07) is 14.1. The lowest BCUT2D eigenvalue weighted by Gasteiger charge is -2.16. The molecule has 0 fully saturated rings. The second kappa shape index (κ2) is 9.28. The molecule has 0 saturated heterocycles. The van der Waals surface area contributed by atoms with Gasteiger partial charge >= 0.3 is 6.01 Å². The minimum atomic E-state index is 0.101. The zero-order valence-corrected chi connectivity index (χ0v) is 19.0. The Kier molecular flexibility index (Phi) is 6.49. The number of methoxy groups -OCH3 is 1. The summed E-state index contributed by atoms with van der Waals surface area (Å²) < 4.78 is 11.4. The summed E-state index contributed by atoms with van der Waals surface area (Å²) in [7, 11) is 1.47. The van der Waals surface area contributed by atoms with Crippen molar-refractivity contribution in [3.63, 3.8) is 0 Å². The van der Waals surface area contributed by atoms with Crippen LogP contribution in [0.3, 0.4) is 0 Å². The molecular weight excluding hydrogens is 480 g/mol. The van der Waals surface area contributed by atoms with Gasteiger partial charge in [-0.1, -0.05) is 58.5 Å². The number of halogens is 4. The number of ether oxygens (including phenoxy) is 2. The minimum absolute atomic E-state index is 0.101. The summed E-state index contributed by atoms with van der Waals surface area (Å²) in [5, 5.41) is 1.93. The predicted molar refractivity (Wildman–Crippen MR) is 124 cm³/mol. The molecule has 0 aliphatic carbocycles. The molecule has 0 aliphatic heterocycles. The quantitative estimate of drug-likeness (QED) is 0.286. The van der Waals surface area contributed by atoms with Crippen LogP contribution in [-0.4, -0.2) is 22.1 Å². The molecular formula is C22H13Cl4N3O2. The first kappa shape index (κ1) is 21.7. The van der Waals surface area contributed by atoms with Gasteiger partial charge in [-0.25, -0.2) is 0 Å². The van der Waals surface area contributed by atoms with E-state index in [0.29, 0.717) is 42.7 Å². The van der Waals surface area contributed by atoms with Gasteiger partial charge in [-0.05, 0) is 35.9 Å². The number of hydrogen-bond donors (Lipinski definition) is 0. The van der Waals surface area contributed by atoms with Crippen LogP contribution < -0.4 is 9.47 Å². The fraction of sp³-hybridized carbons (Fsp3) is 0.0455. The van der Waals surface area contributed by atoms with Crippen molar-refractivity contribution in [3.05, 3.63) is 81.0 Å². The van der Waals surface area contributed by atoms with Crippen molar-refractivity contribution in [1.29, 1.82) is 0 Å². The van der Waals surface area contributed by atoms with Crippen LogP contribution in [0.2, 0.25) is 20.1 Å². The van der Waals surface area contributed by atoms with E-state index in [1.807, 2.05) is 12.1 Å². The van der Waals surface area contributed by atoms with E-state index in [1.54, 1.807) is 36.4 Å². The molecule has 0 radical (unpaired) electrons. The lowest BCUT2D eigenvalue weighted by atomic mass is 10.00. The minimum Gasteiger partial charge on any atom is -0.467 e. The lowest BCUT2D eigenvalue weighted by Crippen LogP contribution is -2.02. The van der Waals surface area contributed by atoms with Crippen LogP contribution >= 0.6 is 46.4 Å². The normalized spacial score (nSPS) is 10.7. The maximum Gasteiger partial charge on any atom is 0.320 e. The van der Waals surface area contributed by atoms with Crippen LogP contribution in [0.4, 0.5) is 0 Å². The summed E-state index contributed by atoms with van der Waals surface area (Å²) in [6.45, 7) is 0. The van der Waals surface area contributed by atoms with Crippen molar-refractivity contribution in [2.75, 3.05) is 7.11 Å². The molecule has 0 bridgehead atoms. The molecule has 2 heterocycles. The molecule has 31 heavy (non-hydrogen) atoms. The van der Waals surface area contributed by atoms with Crippen LogP contribution in [0, 0.1) is 0 Å². The van der Waals surface area contributed by atoms with E-state index in [9.17, 15) is 0 Å². The van der Waals surface area contributed by atoms with Gasteiger partial charge in [0.2, 0.25) is 5.88 Å². The Hall–Kier alpha value is -2.57. The fourth-order valence-corrected chi connectivity index (χ4v) is 3.69. The average Bonchev–Trinajstić information content (AvgIpc) is 2.74. The second-order valence-electron chi connectivity index (χ2n) is 6.31. The fourth-order valence-electron chi connectivity index (χ4n) is 2.90. The van der Waals surface area contributed by atoms with Crippen molar-refractivity contribution in [2.45, 2.75) is 0 Å². The van der Waals surface area contributed by atoms with Crippen LogP contribution in [0.1, 0.15) is 0 Å². The zero-order valence-electron chi connectivity index (χ0n) is 15.9. The van der Waals surface area contributed by atoms with Gasteiger partial charge in [0.15, 0.2) is 0 Å². The molecule has 9 heteroatoms. The molecule has 156 valence electrons. The monoisotopic (exact) mass is 491 g/mol. The van der Waals surface area contributed by atoms with Gasteiger partial charge < -0.3 is 9.47 Å². The third-order valence-electron chi connectivity index (χ3n) is 4.25. The van der Waals surface area contributed by atoms with Gasteiger partial charge in [-0.15, -0.1) is 0 Å². The van der Waals surface area contributed by atoms with Gasteiger partial charge in [0.1, 0.15) is 5.75 Å². The molecule has 0 unspecified atom stereocenters. The van der Waals surface area contributed by atoms with Crippen molar-refractivity contribution < 1.29 is 9.47 Å². The molecule has 4 rings (SSSR count). The Balaban J connectivity index is 1.99. The molecule has 4 aromatic rings. The van der Waals surface area contributed by atoms with Crippen molar-refractivity contribution >= 4 is 46.4 Å². The zero-order chi connectivity index (χ0) is 22.0. The van der Waals surface area contributed by atoms with E-state index in [4.69, 9.17) is 55.9 Å². The Morgan fingerprint density at radius 2 is 1.52 bits per heavy atom. The van der Waals surface area contributed by atoms with Crippen molar-refractivity contribution in [1.82, 2.24) is 15.0 Å². The SMILES string of the molecule is COc1nc(Oc2cncc(Cl)c2)c(-c2ccc(Cl)cc2)c(-c2ccc(Cl)cc2Cl)n1. The number of rotatable bonds is 5. The van der Waals surface area contributed by atoms with Crippen LogP contribution in [0.15, 0.2) is 60.9 Å². The first-order valence-electron chi connectivity index (χ1n) is 8.90. The van der Waals surface area contributed by atoms with Gasteiger partial charge in [0.05, 0.1) is 34.6 Å². The Labute approximate surface area is 198 Å². The van der Waals surface area contributed by atoms with Crippen LogP contribution in [0.25, 0.3) is 22.4 Å². The molecule has 0 atom stereocenters. The molecule has 0 saturated carbocycles. The average molecular weight is 493 g/mol. The van der Waals surface area contributed by atoms with Gasteiger partial charge in [0, 0.05) is 27.9 Å². The third-order valence-corrected chi connectivity index (χ3v) is 5.26. The van der Waals surface area contributed by atoms with E-state index < -0.39 is 0 Å². The van der Waals surface area contributed by atoms with Crippen molar-refractivity contribution in [3.8, 4) is 40.0 Å². The maximum absolute atomic E-state index is 6.50. The number of aromatic nitrogens is 3. The summed E-state index contributed by atoms with van der Waals surface area (Å²) in [5.41, 5.74) is 2.48. The van der Waals surface area contributed by atoms with Crippen LogP contribution in [-0.2, 0) is 0 Å². The molecule has 0 amide bonds. The highest BCUT2D eigenvalue weighted by Crippen LogP contribution is 2.42. The van der Waals surface area contributed by atoms with E-state index in [-0.39, 0.29) is 11.9 Å². The van der Waals surface area contributed by atoms with Gasteiger partial charge in [-0.2, -0.15) is 9.97 Å². The molecule has 2 aromatic heterocycles. The molecule has 2 aromatic carbocycles. The molecule has 0 N–H and O–H groups in total. The Morgan fingerprint density at radius 3 is 2.19 bits per heavy atom. The number of hydrogen-bond acceptors (Lipinski definition) is 5. The highest BCUT2D eigenvalue weighted by molar-refractivity contribution is 6.36. The lowest BCUT2D eigenvalue weighted by molar-refractivity contribution is 0.367. The topological polar surface area (TPSA) is 57.1 Å². The molecule has 0 aliphatic rings. The summed E-state index contributed by atoms with van der Waals surface area (Å²) in [5.74, 6) is 0.635. The summed E-state index contributed by atoms with van der Waals surface area (Å²) in [4.78, 5) is 13.0. The van der Waals surface area contributed by atoms with E-state index in [1.165, 1.54) is 19.5 Å². The van der Waals surface area contributed by atoms with Gasteiger partial charge in [-0.3, -0.25) is 4.98 Å². The maximum atomic E-state index is 6.50. The number of pyridine rings is 1. The largest absolute Gasteiger partial charge is 0.467 e. The standard InChI is InChI=1S/C22H13Cl4N3O2/c1-30-22-28-20(17-7-6-14(24)9-18(17)26)19(12-2-4-13(23)5-3-12)21(29-22)31-16-8-15(25)10-27-11-16/h2-11H,1H3. The third kappa shape index (κ3) is 4.86. The highest BCUT2D eigenvalue weighted by atomic mass is 35.5. The Bertz CT molecular complexity index is 1250. The van der Waals surface area contributed by atoms with E-state index in [2.05, 4.69) is 15.0 Å². The first-order valence-corrected chi connectivity index (χ1v) is 10.4. The van der Waals surface area contributed by atoms with Crippen molar-refractivity contribution in [2.24, 2.45) is 0 Å². The predicted octanol–water partition coefficient (Wildman–Crippen LogP) is 7.62. The highest BCUT2D eigenvalue weighted by Gasteiger charge is 2.22. The van der Waals surface area contributed by atoms with E-state index in [0.717, 1.165) is 5.56 Å². The molecule has 5 nitrogen and oxygen atoms in total. The second-order valence-corrected chi connectivity index (χ2v) is 8.03. The smallest absolute Gasteiger partial charge is 0.320 e. The number of nitrogens with zero attached hydrogens (tertiary/aromatic N) is 3. The first-order chi connectivity index (χ1) is 14.9. The number of benzene rings is 2. The summed E-state index contributed by atoms with van der Waals surface area (Å²) >= 11 is 24.7. The summed E-state index contributed by atoms with van der Waals surface area (Å²) in [6.07, 6.45) is 3.04. The molecule has 0 spiro atoms. The van der Waals surface area contributed by atoms with Crippen LogP contribution in [0.5, 0.6) is 17.6 Å². The van der Waals surface area contributed by atoms with Gasteiger partial charge in [0.25, 0.3) is 0 Å². The van der Waals surface area contributed by atoms with E-state index >= 15 is 0 Å².